The van der Waals surface area contributed by atoms with Gasteiger partial charge in [0.05, 0.1) is 5.69 Å². The summed E-state index contributed by atoms with van der Waals surface area (Å²) in [6.07, 6.45) is -4.44. The number of aryl methyl sites for hydroxylation is 2. The third-order valence-corrected chi connectivity index (χ3v) is 5.45. The van der Waals surface area contributed by atoms with Crippen molar-refractivity contribution in [2.75, 3.05) is 31.1 Å². The van der Waals surface area contributed by atoms with Gasteiger partial charge in [-0.15, -0.1) is 10.2 Å². The molecule has 24 heavy (non-hydrogen) atoms. The smallest absolute Gasteiger partial charge is 0.344 e. The van der Waals surface area contributed by atoms with Crippen LogP contribution in [0.5, 0.6) is 0 Å². The first kappa shape index (κ1) is 17.4. The summed E-state index contributed by atoms with van der Waals surface area (Å²) in [6.45, 7) is 5.22. The van der Waals surface area contributed by atoms with Crippen LogP contribution in [-0.4, -0.2) is 51.1 Å². The molecule has 0 amide bonds. The lowest BCUT2D eigenvalue weighted by molar-refractivity contribution is -0.138. The number of halogens is 4. The van der Waals surface area contributed by atoms with Gasteiger partial charge in [-0.2, -0.15) is 18.3 Å². The van der Waals surface area contributed by atoms with E-state index in [0.717, 1.165) is 11.3 Å². The third-order valence-electron chi connectivity index (χ3n) is 3.95. The van der Waals surface area contributed by atoms with Crippen molar-refractivity contribution in [2.45, 2.75) is 19.6 Å². The molecule has 3 heterocycles. The Morgan fingerprint density at radius 2 is 1.83 bits per heavy atom. The Kier molecular flexibility index (Phi) is 4.71. The van der Waals surface area contributed by atoms with Crippen LogP contribution in [0.1, 0.15) is 16.3 Å². The zero-order chi connectivity index (χ0) is 17.5. The molecule has 1 aliphatic heterocycles. The molecule has 1 aliphatic rings. The van der Waals surface area contributed by atoms with Crippen LogP contribution in [0.4, 0.5) is 18.3 Å². The SMILES string of the molecule is Cc1nn(C)c(Cl)c1CN1CCN(c2nnc(C(F)(F)F)s2)CC1. The molecule has 2 aromatic heterocycles. The van der Waals surface area contributed by atoms with Crippen molar-refractivity contribution in [3.63, 3.8) is 0 Å². The highest BCUT2D eigenvalue weighted by Gasteiger charge is 2.36. The molecule has 0 radical (unpaired) electrons. The van der Waals surface area contributed by atoms with Gasteiger partial charge in [-0.05, 0) is 6.92 Å². The molecule has 3 rings (SSSR count). The minimum Gasteiger partial charge on any atom is -0.344 e. The van der Waals surface area contributed by atoms with Gasteiger partial charge in [0.1, 0.15) is 5.15 Å². The van der Waals surface area contributed by atoms with Crippen LogP contribution >= 0.6 is 22.9 Å². The Morgan fingerprint density at radius 3 is 2.33 bits per heavy atom. The molecule has 0 aliphatic carbocycles. The molecule has 0 spiro atoms. The molecule has 0 unspecified atom stereocenters. The minimum atomic E-state index is -4.44. The van der Waals surface area contributed by atoms with E-state index in [4.69, 9.17) is 11.6 Å². The van der Waals surface area contributed by atoms with Crippen LogP contribution in [0.15, 0.2) is 0 Å². The van der Waals surface area contributed by atoms with Crippen LogP contribution in [-0.2, 0) is 19.8 Å². The normalized spacial score (nSPS) is 16.8. The molecular weight excluding hydrogens is 365 g/mol. The van der Waals surface area contributed by atoms with Gasteiger partial charge in [-0.3, -0.25) is 9.58 Å². The number of nitrogens with zero attached hydrogens (tertiary/aromatic N) is 6. The molecular formula is C13H16ClF3N6S. The lowest BCUT2D eigenvalue weighted by Gasteiger charge is -2.34. The van der Waals surface area contributed by atoms with Crippen molar-refractivity contribution < 1.29 is 13.2 Å². The number of aromatic nitrogens is 4. The number of piperazine rings is 1. The molecule has 2 aromatic rings. The van der Waals surface area contributed by atoms with Gasteiger partial charge in [0, 0.05) is 45.3 Å². The average Bonchev–Trinajstić information content (AvgIpc) is 3.10. The van der Waals surface area contributed by atoms with Crippen LogP contribution in [0.2, 0.25) is 5.15 Å². The standard InChI is InChI=1S/C13H16ClF3N6S/c1-8-9(10(14)21(2)20-8)7-22-3-5-23(6-4-22)12-19-18-11(24-12)13(15,16)17/h3-7H2,1-2H3. The van der Waals surface area contributed by atoms with E-state index in [1.165, 1.54) is 0 Å². The lowest BCUT2D eigenvalue weighted by atomic mass is 10.2. The lowest BCUT2D eigenvalue weighted by Crippen LogP contribution is -2.46. The maximum atomic E-state index is 12.6. The topological polar surface area (TPSA) is 50.1 Å². The summed E-state index contributed by atoms with van der Waals surface area (Å²) >= 11 is 6.83. The first-order valence-electron chi connectivity index (χ1n) is 7.31. The Bertz CT molecular complexity index is 720. The minimum absolute atomic E-state index is 0.317. The zero-order valence-corrected chi connectivity index (χ0v) is 14.7. The van der Waals surface area contributed by atoms with Gasteiger partial charge in [-0.25, -0.2) is 0 Å². The van der Waals surface area contributed by atoms with Crippen LogP contribution in [0, 0.1) is 6.92 Å². The Balaban J connectivity index is 1.61. The van der Waals surface area contributed by atoms with Crippen molar-refractivity contribution in [3.05, 3.63) is 21.4 Å². The molecule has 0 atom stereocenters. The van der Waals surface area contributed by atoms with Gasteiger partial charge in [0.25, 0.3) is 0 Å². The van der Waals surface area contributed by atoms with Crippen molar-refractivity contribution in [3.8, 4) is 0 Å². The zero-order valence-electron chi connectivity index (χ0n) is 13.1. The van der Waals surface area contributed by atoms with Crippen molar-refractivity contribution in [2.24, 2.45) is 7.05 Å². The first-order chi connectivity index (χ1) is 11.3. The van der Waals surface area contributed by atoms with Crippen molar-refractivity contribution >= 4 is 28.1 Å². The highest BCUT2D eigenvalue weighted by atomic mass is 35.5. The van der Waals surface area contributed by atoms with E-state index < -0.39 is 11.2 Å². The van der Waals surface area contributed by atoms with Gasteiger partial charge >= 0.3 is 6.18 Å². The van der Waals surface area contributed by atoms with Gasteiger partial charge in [-0.1, -0.05) is 22.9 Å². The maximum absolute atomic E-state index is 12.6. The number of rotatable bonds is 3. The fraction of sp³-hybridized carbons (Fsp3) is 0.615. The number of hydrogen-bond acceptors (Lipinski definition) is 6. The van der Waals surface area contributed by atoms with Crippen LogP contribution in [0.25, 0.3) is 0 Å². The van der Waals surface area contributed by atoms with Crippen LogP contribution in [0.3, 0.4) is 0 Å². The largest absolute Gasteiger partial charge is 0.445 e. The van der Waals surface area contributed by atoms with Crippen molar-refractivity contribution in [1.29, 1.82) is 0 Å². The summed E-state index contributed by atoms with van der Waals surface area (Å²) in [4.78, 5) is 4.04. The highest BCUT2D eigenvalue weighted by Crippen LogP contribution is 2.34. The fourth-order valence-corrected chi connectivity index (χ4v) is 3.63. The number of alkyl halides is 3. The quantitative estimate of drug-likeness (QED) is 0.819. The molecule has 132 valence electrons. The molecule has 1 saturated heterocycles. The van der Waals surface area contributed by atoms with E-state index in [0.29, 0.717) is 54.3 Å². The Labute approximate surface area is 145 Å². The van der Waals surface area contributed by atoms with E-state index >= 15 is 0 Å². The van der Waals surface area contributed by atoms with Gasteiger partial charge in [0.15, 0.2) is 0 Å². The summed E-state index contributed by atoms with van der Waals surface area (Å²) in [5, 5.41) is 11.2. The molecule has 0 aromatic carbocycles. The van der Waals surface area contributed by atoms with Gasteiger partial charge in [0.2, 0.25) is 10.1 Å². The molecule has 6 nitrogen and oxygen atoms in total. The predicted octanol–water partition coefficient (Wildman–Crippen LogP) is 2.57. The Hall–Kier alpha value is -1.39. The summed E-state index contributed by atoms with van der Waals surface area (Å²) in [7, 11) is 1.80. The second-order valence-corrected chi connectivity index (χ2v) is 6.94. The van der Waals surface area contributed by atoms with E-state index in [9.17, 15) is 13.2 Å². The first-order valence-corrected chi connectivity index (χ1v) is 8.51. The van der Waals surface area contributed by atoms with Gasteiger partial charge < -0.3 is 4.90 Å². The second-order valence-electron chi connectivity index (χ2n) is 5.63. The number of hydrogen-bond donors (Lipinski definition) is 0. The number of anilines is 1. The summed E-state index contributed by atoms with van der Waals surface area (Å²) in [5.74, 6) is 0. The van der Waals surface area contributed by atoms with E-state index in [-0.39, 0.29) is 0 Å². The second kappa shape index (κ2) is 6.49. The predicted molar refractivity (Wildman–Crippen MR) is 85.4 cm³/mol. The van der Waals surface area contributed by atoms with E-state index in [2.05, 4.69) is 20.2 Å². The molecule has 11 heteroatoms. The monoisotopic (exact) mass is 380 g/mol. The summed E-state index contributed by atoms with van der Waals surface area (Å²) < 4.78 is 39.5. The summed E-state index contributed by atoms with van der Waals surface area (Å²) in [5.41, 5.74) is 1.88. The molecule has 1 fully saturated rings. The maximum Gasteiger partial charge on any atom is 0.445 e. The fourth-order valence-electron chi connectivity index (χ4n) is 2.63. The molecule has 0 bridgehead atoms. The van der Waals surface area contributed by atoms with Crippen LogP contribution < -0.4 is 4.90 Å². The highest BCUT2D eigenvalue weighted by molar-refractivity contribution is 7.15. The summed E-state index contributed by atoms with van der Waals surface area (Å²) in [6, 6.07) is 0. The van der Waals surface area contributed by atoms with Crippen molar-refractivity contribution in [1.82, 2.24) is 24.9 Å². The Morgan fingerprint density at radius 1 is 1.17 bits per heavy atom. The molecule has 0 saturated carbocycles. The van der Waals surface area contributed by atoms with E-state index in [1.54, 1.807) is 11.7 Å². The molecule has 0 N–H and O–H groups in total. The third kappa shape index (κ3) is 3.50. The van der Waals surface area contributed by atoms with E-state index in [1.807, 2.05) is 11.8 Å². The average molecular weight is 381 g/mol.